The molecule has 182 valence electrons. The van der Waals surface area contributed by atoms with Gasteiger partial charge < -0.3 is 4.48 Å². The fraction of sp³-hybridized carbons (Fsp3) is 1.00. The third kappa shape index (κ3) is 18.7. The molecule has 0 saturated carbocycles. The molecule has 0 aliphatic rings. The van der Waals surface area contributed by atoms with Crippen molar-refractivity contribution >= 4 is 0 Å². The average Bonchev–Trinajstić information content (AvgIpc) is 2.73. The zero-order valence-corrected chi connectivity index (χ0v) is 22.1. The topological polar surface area (TPSA) is 0 Å². The first-order valence-electron chi connectivity index (χ1n) is 14.6. The minimum Gasteiger partial charge on any atom is -0.324 e. The summed E-state index contributed by atoms with van der Waals surface area (Å²) in [6.07, 6.45) is 30.5. The van der Waals surface area contributed by atoms with Gasteiger partial charge in [-0.05, 0) is 32.1 Å². The van der Waals surface area contributed by atoms with Gasteiger partial charge in [0, 0.05) is 0 Å². The van der Waals surface area contributed by atoms with Crippen LogP contribution < -0.4 is 0 Å². The van der Waals surface area contributed by atoms with E-state index in [1.54, 1.807) is 0 Å². The summed E-state index contributed by atoms with van der Waals surface area (Å²) < 4.78 is 1.41. The molecule has 1 heteroatoms. The lowest BCUT2D eigenvalue weighted by atomic mass is 10.0. The highest BCUT2D eigenvalue weighted by Gasteiger charge is 2.23. The Kier molecular flexibility index (Phi) is 23.6. The number of hydrogen-bond acceptors (Lipinski definition) is 0. The molecule has 0 aromatic rings. The summed E-state index contributed by atoms with van der Waals surface area (Å²) in [5, 5.41) is 0. The second kappa shape index (κ2) is 23.6. The van der Waals surface area contributed by atoms with Gasteiger partial charge >= 0.3 is 0 Å². The molecule has 0 radical (unpaired) electrons. The van der Waals surface area contributed by atoms with Crippen LogP contribution in [-0.4, -0.2) is 30.7 Å². The first-order chi connectivity index (χ1) is 14.7. The molecule has 30 heavy (non-hydrogen) atoms. The van der Waals surface area contributed by atoms with Crippen LogP contribution in [0, 0.1) is 0 Å². The minimum atomic E-state index is 1.35. The second-order valence-corrected chi connectivity index (χ2v) is 10.2. The van der Waals surface area contributed by atoms with Gasteiger partial charge in [0.05, 0.1) is 26.2 Å². The Morgan fingerprint density at radius 1 is 0.267 bits per heavy atom. The van der Waals surface area contributed by atoms with Crippen molar-refractivity contribution in [3.63, 3.8) is 0 Å². The van der Waals surface area contributed by atoms with Crippen molar-refractivity contribution in [3.05, 3.63) is 0 Å². The molecule has 0 spiro atoms. The largest absolute Gasteiger partial charge is 0.324 e. The standard InChI is InChI=1S/C29H62N/c1-5-9-10-11-12-13-14-15-16-17-18-19-20-21-22-23-24-25-29-30(26-6-2,27-7-3)28-8-4/h5-29H2,1-4H3/q+1. The van der Waals surface area contributed by atoms with Crippen LogP contribution in [-0.2, 0) is 0 Å². The van der Waals surface area contributed by atoms with Crippen LogP contribution in [0.4, 0.5) is 0 Å². The van der Waals surface area contributed by atoms with Gasteiger partial charge in [-0.2, -0.15) is 0 Å². The van der Waals surface area contributed by atoms with Gasteiger partial charge in [0.2, 0.25) is 0 Å². The smallest absolute Gasteiger partial charge is 0.0786 e. The SMILES string of the molecule is CCCCCCCCCCCCCCCCCCCC[N+](CCC)(CCC)CCC. The maximum absolute atomic E-state index is 2.37. The van der Waals surface area contributed by atoms with Crippen LogP contribution in [0.3, 0.4) is 0 Å². The highest BCUT2D eigenvalue weighted by atomic mass is 15.3. The molecule has 0 aromatic carbocycles. The van der Waals surface area contributed by atoms with E-state index >= 15 is 0 Å². The Labute approximate surface area is 193 Å². The van der Waals surface area contributed by atoms with E-state index < -0.39 is 0 Å². The first-order valence-corrected chi connectivity index (χ1v) is 14.6. The van der Waals surface area contributed by atoms with Crippen molar-refractivity contribution in [2.45, 2.75) is 163 Å². The van der Waals surface area contributed by atoms with E-state index in [9.17, 15) is 0 Å². The van der Waals surface area contributed by atoms with Crippen LogP contribution in [0.2, 0.25) is 0 Å². The fourth-order valence-corrected chi connectivity index (χ4v) is 5.44. The molecule has 0 amide bonds. The zero-order valence-electron chi connectivity index (χ0n) is 22.1. The van der Waals surface area contributed by atoms with Gasteiger partial charge in [0.15, 0.2) is 0 Å². The van der Waals surface area contributed by atoms with Crippen LogP contribution in [0.25, 0.3) is 0 Å². The molecule has 0 bridgehead atoms. The van der Waals surface area contributed by atoms with Gasteiger partial charge in [0.25, 0.3) is 0 Å². The van der Waals surface area contributed by atoms with Crippen LogP contribution >= 0.6 is 0 Å². The lowest BCUT2D eigenvalue weighted by Gasteiger charge is -2.38. The molecule has 0 rings (SSSR count). The Morgan fingerprint density at radius 2 is 0.533 bits per heavy atom. The van der Waals surface area contributed by atoms with E-state index in [0.717, 1.165) is 0 Å². The van der Waals surface area contributed by atoms with Crippen molar-refractivity contribution in [2.24, 2.45) is 0 Å². The van der Waals surface area contributed by atoms with E-state index in [-0.39, 0.29) is 0 Å². The molecular weight excluding hydrogens is 362 g/mol. The summed E-state index contributed by atoms with van der Waals surface area (Å²) >= 11 is 0. The van der Waals surface area contributed by atoms with Crippen LogP contribution in [0.5, 0.6) is 0 Å². The van der Waals surface area contributed by atoms with E-state index in [1.807, 2.05) is 0 Å². The Hall–Kier alpha value is -0.0400. The highest BCUT2D eigenvalue weighted by Crippen LogP contribution is 2.17. The molecular formula is C29H62N+. The Bertz CT molecular complexity index is 294. The van der Waals surface area contributed by atoms with E-state index in [4.69, 9.17) is 0 Å². The van der Waals surface area contributed by atoms with Crippen molar-refractivity contribution in [2.75, 3.05) is 26.2 Å². The quantitative estimate of drug-likeness (QED) is 0.101. The van der Waals surface area contributed by atoms with E-state index in [2.05, 4.69) is 27.7 Å². The zero-order chi connectivity index (χ0) is 22.2. The summed E-state index contributed by atoms with van der Waals surface area (Å²) in [5.41, 5.74) is 0. The Balaban J connectivity index is 3.41. The van der Waals surface area contributed by atoms with Gasteiger partial charge in [-0.15, -0.1) is 0 Å². The highest BCUT2D eigenvalue weighted by molar-refractivity contribution is 4.52. The second-order valence-electron chi connectivity index (χ2n) is 10.2. The van der Waals surface area contributed by atoms with Crippen molar-refractivity contribution in [1.29, 1.82) is 0 Å². The van der Waals surface area contributed by atoms with E-state index in [1.165, 1.54) is 165 Å². The lowest BCUT2D eigenvalue weighted by Crippen LogP contribution is -2.50. The summed E-state index contributed by atoms with van der Waals surface area (Å²) in [5.74, 6) is 0. The summed E-state index contributed by atoms with van der Waals surface area (Å²) in [7, 11) is 0. The number of rotatable bonds is 25. The van der Waals surface area contributed by atoms with Gasteiger partial charge in [-0.3, -0.25) is 0 Å². The van der Waals surface area contributed by atoms with Crippen LogP contribution in [0.1, 0.15) is 163 Å². The minimum absolute atomic E-state index is 1.35. The number of unbranched alkanes of at least 4 members (excludes halogenated alkanes) is 17. The molecule has 0 aromatic heterocycles. The van der Waals surface area contributed by atoms with Gasteiger partial charge in [-0.25, -0.2) is 0 Å². The maximum Gasteiger partial charge on any atom is 0.0786 e. The summed E-state index contributed by atoms with van der Waals surface area (Å²) in [4.78, 5) is 0. The molecule has 0 aliphatic carbocycles. The van der Waals surface area contributed by atoms with Crippen molar-refractivity contribution in [3.8, 4) is 0 Å². The predicted octanol–water partition coefficient (Wildman–Crippen LogP) is 10.1. The third-order valence-electron chi connectivity index (χ3n) is 7.08. The average molecular weight is 425 g/mol. The molecule has 0 atom stereocenters. The summed E-state index contributed by atoms with van der Waals surface area (Å²) in [6, 6.07) is 0. The van der Waals surface area contributed by atoms with Crippen molar-refractivity contribution < 1.29 is 4.48 Å². The lowest BCUT2D eigenvalue weighted by molar-refractivity contribution is -0.928. The monoisotopic (exact) mass is 424 g/mol. The maximum atomic E-state index is 2.37. The Morgan fingerprint density at radius 3 is 0.800 bits per heavy atom. The molecule has 0 saturated heterocycles. The third-order valence-corrected chi connectivity index (χ3v) is 7.08. The number of nitrogens with zero attached hydrogens (tertiary/aromatic N) is 1. The van der Waals surface area contributed by atoms with Crippen molar-refractivity contribution in [1.82, 2.24) is 0 Å². The molecule has 0 N–H and O–H groups in total. The number of hydrogen-bond donors (Lipinski definition) is 0. The normalized spacial score (nSPS) is 12.0. The number of quaternary nitrogens is 1. The predicted molar refractivity (Wildman–Crippen MR) is 139 cm³/mol. The van der Waals surface area contributed by atoms with Gasteiger partial charge in [0.1, 0.15) is 0 Å². The van der Waals surface area contributed by atoms with Crippen LogP contribution in [0.15, 0.2) is 0 Å². The molecule has 0 aliphatic heterocycles. The summed E-state index contributed by atoms with van der Waals surface area (Å²) in [6.45, 7) is 15.1. The van der Waals surface area contributed by atoms with Gasteiger partial charge in [-0.1, -0.05) is 130 Å². The van der Waals surface area contributed by atoms with E-state index in [0.29, 0.717) is 0 Å². The molecule has 0 fully saturated rings. The first kappa shape index (κ1) is 30.0. The molecule has 1 nitrogen and oxygen atoms in total. The fourth-order valence-electron chi connectivity index (χ4n) is 5.44. The molecule has 0 unspecified atom stereocenters. The molecule has 0 heterocycles.